The van der Waals surface area contributed by atoms with Crippen molar-refractivity contribution in [3.8, 4) is 0 Å². The van der Waals surface area contributed by atoms with Gasteiger partial charge < -0.3 is 4.90 Å². The molecule has 0 aromatic rings. The Kier molecular flexibility index (Phi) is 2.69. The van der Waals surface area contributed by atoms with Crippen LogP contribution in [0.4, 0.5) is 0 Å². The highest BCUT2D eigenvalue weighted by molar-refractivity contribution is 4.83. The van der Waals surface area contributed by atoms with Gasteiger partial charge in [0.1, 0.15) is 0 Å². The molecule has 2 saturated heterocycles. The Morgan fingerprint density at radius 2 is 1.25 bits per heavy atom. The van der Waals surface area contributed by atoms with E-state index in [4.69, 9.17) is 0 Å². The molecule has 0 unspecified atom stereocenters. The predicted molar refractivity (Wildman–Crippen MR) is 52.3 cm³/mol. The van der Waals surface area contributed by atoms with Crippen LogP contribution < -0.4 is 0 Å². The quantitative estimate of drug-likeness (QED) is 0.536. The van der Waals surface area contributed by atoms with Gasteiger partial charge in [0, 0.05) is 12.1 Å². The van der Waals surface area contributed by atoms with E-state index in [2.05, 4.69) is 11.9 Å². The van der Waals surface area contributed by atoms with Crippen LogP contribution in [0.1, 0.15) is 51.4 Å². The number of fused-ring (bicyclic) bond motifs is 2. The van der Waals surface area contributed by atoms with Gasteiger partial charge >= 0.3 is 0 Å². The van der Waals surface area contributed by atoms with Crippen molar-refractivity contribution in [3.05, 3.63) is 0 Å². The Balaban J connectivity index is 2.00. The Morgan fingerprint density at radius 3 is 1.83 bits per heavy atom. The molecule has 0 aromatic heterocycles. The molecule has 0 spiro atoms. The molecule has 0 amide bonds. The number of rotatable bonds is 0. The van der Waals surface area contributed by atoms with Gasteiger partial charge in [-0.05, 0) is 32.7 Å². The second-order valence-corrected chi connectivity index (χ2v) is 4.54. The molecule has 1 nitrogen and oxygen atoms in total. The summed E-state index contributed by atoms with van der Waals surface area (Å²) in [6.45, 7) is 0. The summed E-state index contributed by atoms with van der Waals surface area (Å²) in [5, 5.41) is 0. The second kappa shape index (κ2) is 3.78. The summed E-state index contributed by atoms with van der Waals surface area (Å²) in [6.07, 6.45) is 11.8. The fourth-order valence-corrected chi connectivity index (χ4v) is 2.93. The van der Waals surface area contributed by atoms with Crippen LogP contribution in [-0.4, -0.2) is 24.0 Å². The Hall–Kier alpha value is -0.0400. The van der Waals surface area contributed by atoms with Gasteiger partial charge in [0.05, 0.1) is 0 Å². The fourth-order valence-electron chi connectivity index (χ4n) is 2.93. The lowest BCUT2D eigenvalue weighted by Crippen LogP contribution is -2.44. The standard InChI is InChI=1S/C11H21N/c1-12-10-6-3-2-4-7-11(12)9-5-8-10/h10-11H,2-9H2,1H3/t10-,11+. The minimum atomic E-state index is 0.934. The lowest BCUT2D eigenvalue weighted by molar-refractivity contribution is 0.0889. The highest BCUT2D eigenvalue weighted by Gasteiger charge is 2.27. The van der Waals surface area contributed by atoms with Crippen molar-refractivity contribution >= 4 is 0 Å². The highest BCUT2D eigenvalue weighted by atomic mass is 15.2. The average Bonchev–Trinajstić information content (AvgIpc) is 2.10. The van der Waals surface area contributed by atoms with E-state index in [1.807, 2.05) is 0 Å². The van der Waals surface area contributed by atoms with Crippen molar-refractivity contribution in [2.75, 3.05) is 7.05 Å². The van der Waals surface area contributed by atoms with Crippen LogP contribution in [0.2, 0.25) is 0 Å². The zero-order valence-electron chi connectivity index (χ0n) is 8.26. The molecule has 1 heteroatoms. The predicted octanol–water partition coefficient (Wildman–Crippen LogP) is 2.80. The molecule has 2 fully saturated rings. The van der Waals surface area contributed by atoms with Gasteiger partial charge in [0.15, 0.2) is 0 Å². The zero-order chi connectivity index (χ0) is 8.39. The number of hydrogen-bond acceptors (Lipinski definition) is 1. The summed E-state index contributed by atoms with van der Waals surface area (Å²) in [7, 11) is 2.35. The Morgan fingerprint density at radius 1 is 0.750 bits per heavy atom. The van der Waals surface area contributed by atoms with Crippen LogP contribution in [0, 0.1) is 0 Å². The lowest BCUT2D eigenvalue weighted by atomic mass is 9.87. The first-order valence-electron chi connectivity index (χ1n) is 5.60. The van der Waals surface area contributed by atoms with E-state index in [1.165, 1.54) is 51.4 Å². The fraction of sp³-hybridized carbons (Fsp3) is 1.00. The maximum Gasteiger partial charge on any atom is 0.00951 e. The molecule has 12 heavy (non-hydrogen) atoms. The van der Waals surface area contributed by atoms with Crippen LogP contribution in [0.3, 0.4) is 0 Å². The van der Waals surface area contributed by atoms with Crippen LogP contribution in [0.25, 0.3) is 0 Å². The summed E-state index contributed by atoms with van der Waals surface area (Å²) >= 11 is 0. The molecule has 0 radical (unpaired) electrons. The average molecular weight is 167 g/mol. The number of nitrogens with zero attached hydrogens (tertiary/aromatic N) is 1. The number of piperidine rings is 1. The molecule has 2 aliphatic rings. The monoisotopic (exact) mass is 167 g/mol. The molecule has 2 atom stereocenters. The van der Waals surface area contributed by atoms with Crippen molar-refractivity contribution in [2.24, 2.45) is 0 Å². The third kappa shape index (κ3) is 1.66. The molecule has 2 aliphatic heterocycles. The summed E-state index contributed by atoms with van der Waals surface area (Å²) < 4.78 is 0. The molecule has 0 aromatic carbocycles. The molecule has 0 saturated carbocycles. The lowest BCUT2D eigenvalue weighted by Gasteiger charge is -2.41. The summed E-state index contributed by atoms with van der Waals surface area (Å²) in [5.41, 5.74) is 0. The van der Waals surface area contributed by atoms with E-state index in [1.54, 1.807) is 0 Å². The summed E-state index contributed by atoms with van der Waals surface area (Å²) in [6, 6.07) is 1.87. The van der Waals surface area contributed by atoms with Crippen LogP contribution in [0.5, 0.6) is 0 Å². The van der Waals surface area contributed by atoms with Crippen molar-refractivity contribution in [1.29, 1.82) is 0 Å². The largest absolute Gasteiger partial charge is 0.300 e. The van der Waals surface area contributed by atoms with Gasteiger partial charge in [-0.1, -0.05) is 25.7 Å². The first-order valence-corrected chi connectivity index (χ1v) is 5.60. The van der Waals surface area contributed by atoms with Crippen molar-refractivity contribution in [2.45, 2.75) is 63.5 Å². The van der Waals surface area contributed by atoms with Gasteiger partial charge in [0.2, 0.25) is 0 Å². The van der Waals surface area contributed by atoms with Crippen LogP contribution in [0.15, 0.2) is 0 Å². The summed E-state index contributed by atoms with van der Waals surface area (Å²) in [5.74, 6) is 0. The maximum atomic E-state index is 2.67. The third-order valence-electron chi connectivity index (χ3n) is 3.80. The third-order valence-corrected chi connectivity index (χ3v) is 3.80. The zero-order valence-corrected chi connectivity index (χ0v) is 8.26. The van der Waals surface area contributed by atoms with E-state index >= 15 is 0 Å². The van der Waals surface area contributed by atoms with E-state index < -0.39 is 0 Å². The maximum absolute atomic E-state index is 2.67. The Labute approximate surface area is 76.1 Å². The first-order chi connectivity index (χ1) is 5.88. The molecule has 2 heterocycles. The molecule has 0 aliphatic carbocycles. The van der Waals surface area contributed by atoms with Gasteiger partial charge in [-0.15, -0.1) is 0 Å². The molecule has 2 bridgehead atoms. The van der Waals surface area contributed by atoms with E-state index in [0.717, 1.165) is 12.1 Å². The van der Waals surface area contributed by atoms with Gasteiger partial charge in [-0.3, -0.25) is 0 Å². The molecular weight excluding hydrogens is 146 g/mol. The van der Waals surface area contributed by atoms with Crippen molar-refractivity contribution in [3.63, 3.8) is 0 Å². The minimum Gasteiger partial charge on any atom is -0.300 e. The molecular formula is C11H21N. The van der Waals surface area contributed by atoms with Crippen LogP contribution in [-0.2, 0) is 0 Å². The number of hydrogen-bond donors (Lipinski definition) is 0. The van der Waals surface area contributed by atoms with Gasteiger partial charge in [0.25, 0.3) is 0 Å². The second-order valence-electron chi connectivity index (χ2n) is 4.54. The molecule has 0 N–H and O–H groups in total. The van der Waals surface area contributed by atoms with Gasteiger partial charge in [-0.2, -0.15) is 0 Å². The molecule has 70 valence electrons. The van der Waals surface area contributed by atoms with Crippen LogP contribution >= 0.6 is 0 Å². The van der Waals surface area contributed by atoms with Crippen molar-refractivity contribution < 1.29 is 0 Å². The smallest absolute Gasteiger partial charge is 0.00951 e. The van der Waals surface area contributed by atoms with Crippen molar-refractivity contribution in [1.82, 2.24) is 4.90 Å². The summed E-state index contributed by atoms with van der Waals surface area (Å²) in [4.78, 5) is 2.67. The topological polar surface area (TPSA) is 3.24 Å². The normalized spacial score (nSPS) is 38.8. The Bertz CT molecular complexity index is 130. The first kappa shape index (κ1) is 8.55. The van der Waals surface area contributed by atoms with Gasteiger partial charge in [-0.25, -0.2) is 0 Å². The molecule has 2 rings (SSSR count). The minimum absolute atomic E-state index is 0.934. The van der Waals surface area contributed by atoms with E-state index in [0.29, 0.717) is 0 Å². The SMILES string of the molecule is CN1[C@@H]2CCCCC[C@H]1CCC2. The highest BCUT2D eigenvalue weighted by Crippen LogP contribution is 2.30. The van der Waals surface area contributed by atoms with E-state index in [9.17, 15) is 0 Å². The van der Waals surface area contributed by atoms with E-state index in [-0.39, 0.29) is 0 Å².